The van der Waals surface area contributed by atoms with Gasteiger partial charge in [0.2, 0.25) is 5.88 Å². The average molecular weight is 220 g/mol. The molecule has 1 fully saturated rings. The molecule has 1 aliphatic rings. The molecule has 0 bridgehead atoms. The second-order valence-electron chi connectivity index (χ2n) is 4.54. The Kier molecular flexibility index (Phi) is 3.78. The fraction of sp³-hybridized carbons (Fsp3) is 0.615. The third-order valence-electron chi connectivity index (χ3n) is 3.18. The van der Waals surface area contributed by atoms with Crippen LogP contribution in [0.1, 0.15) is 24.1 Å². The van der Waals surface area contributed by atoms with Crippen LogP contribution in [0.4, 0.5) is 0 Å². The van der Waals surface area contributed by atoms with E-state index in [4.69, 9.17) is 4.74 Å². The molecule has 1 aromatic heterocycles. The van der Waals surface area contributed by atoms with Gasteiger partial charge in [0.1, 0.15) is 0 Å². The molecule has 2 heterocycles. The topological polar surface area (TPSA) is 34.1 Å². The highest BCUT2D eigenvalue weighted by Crippen LogP contribution is 2.22. The molecule has 0 saturated carbocycles. The van der Waals surface area contributed by atoms with Crippen molar-refractivity contribution in [3.63, 3.8) is 0 Å². The zero-order chi connectivity index (χ0) is 11.4. The highest BCUT2D eigenvalue weighted by molar-refractivity contribution is 5.28. The summed E-state index contributed by atoms with van der Waals surface area (Å²) in [4.78, 5) is 4.41. The average Bonchev–Trinajstić information content (AvgIpc) is 2.33. The van der Waals surface area contributed by atoms with Gasteiger partial charge in [-0.1, -0.05) is 6.07 Å². The minimum Gasteiger partial charge on any atom is -0.481 e. The smallest absolute Gasteiger partial charge is 0.216 e. The van der Waals surface area contributed by atoms with Crippen molar-refractivity contribution < 1.29 is 4.74 Å². The summed E-state index contributed by atoms with van der Waals surface area (Å²) in [5, 5.41) is 3.44. The summed E-state index contributed by atoms with van der Waals surface area (Å²) in [6.07, 6.45) is 3.67. The molecule has 1 saturated heterocycles. The first-order chi connectivity index (χ1) is 7.79. The summed E-state index contributed by atoms with van der Waals surface area (Å²) in [7, 11) is 1.70. The third-order valence-corrected chi connectivity index (χ3v) is 3.18. The minimum absolute atomic E-state index is 0.729. The van der Waals surface area contributed by atoms with Crippen molar-refractivity contribution in [2.75, 3.05) is 20.2 Å². The van der Waals surface area contributed by atoms with Gasteiger partial charge in [-0.3, -0.25) is 0 Å². The Balaban J connectivity index is 2.07. The van der Waals surface area contributed by atoms with Crippen molar-refractivity contribution in [3.05, 3.63) is 23.4 Å². The summed E-state index contributed by atoms with van der Waals surface area (Å²) < 4.78 is 5.34. The Morgan fingerprint density at radius 3 is 3.06 bits per heavy atom. The van der Waals surface area contributed by atoms with Gasteiger partial charge in [-0.05, 0) is 51.3 Å². The SMILES string of the molecule is COc1nc(C)ccc1CC1CCCNC1. The lowest BCUT2D eigenvalue weighted by Gasteiger charge is -2.23. The summed E-state index contributed by atoms with van der Waals surface area (Å²) in [5.41, 5.74) is 2.25. The number of pyridine rings is 1. The molecule has 1 atom stereocenters. The molecule has 2 rings (SSSR count). The van der Waals surface area contributed by atoms with Crippen LogP contribution >= 0.6 is 0 Å². The Bertz CT molecular complexity index is 346. The van der Waals surface area contributed by atoms with Crippen LogP contribution in [0, 0.1) is 12.8 Å². The number of aromatic nitrogens is 1. The molecule has 0 aromatic carbocycles. The lowest BCUT2D eigenvalue weighted by atomic mass is 9.93. The van der Waals surface area contributed by atoms with Crippen LogP contribution < -0.4 is 10.1 Å². The van der Waals surface area contributed by atoms with Crippen molar-refractivity contribution in [1.29, 1.82) is 0 Å². The van der Waals surface area contributed by atoms with Gasteiger partial charge in [-0.2, -0.15) is 0 Å². The molecule has 0 amide bonds. The molecule has 3 nitrogen and oxygen atoms in total. The minimum atomic E-state index is 0.729. The van der Waals surface area contributed by atoms with Crippen molar-refractivity contribution >= 4 is 0 Å². The first-order valence-corrected chi connectivity index (χ1v) is 6.01. The number of hydrogen-bond donors (Lipinski definition) is 1. The first kappa shape index (κ1) is 11.4. The Morgan fingerprint density at radius 2 is 2.38 bits per heavy atom. The highest BCUT2D eigenvalue weighted by atomic mass is 16.5. The predicted octanol–water partition coefficient (Wildman–Crippen LogP) is 1.94. The van der Waals surface area contributed by atoms with Crippen LogP contribution in [0.25, 0.3) is 0 Å². The van der Waals surface area contributed by atoms with E-state index in [2.05, 4.69) is 22.4 Å². The number of piperidine rings is 1. The number of methoxy groups -OCH3 is 1. The molecule has 88 valence electrons. The van der Waals surface area contributed by atoms with Gasteiger partial charge in [-0.15, -0.1) is 0 Å². The monoisotopic (exact) mass is 220 g/mol. The number of aryl methyl sites for hydroxylation is 1. The normalized spacial score (nSPS) is 20.8. The molecular weight excluding hydrogens is 200 g/mol. The van der Waals surface area contributed by atoms with E-state index >= 15 is 0 Å². The van der Waals surface area contributed by atoms with E-state index in [0.717, 1.165) is 30.5 Å². The maximum atomic E-state index is 5.34. The molecule has 1 N–H and O–H groups in total. The van der Waals surface area contributed by atoms with Gasteiger partial charge in [0.15, 0.2) is 0 Å². The largest absolute Gasteiger partial charge is 0.481 e. The maximum Gasteiger partial charge on any atom is 0.216 e. The Labute approximate surface area is 97.2 Å². The molecule has 16 heavy (non-hydrogen) atoms. The van der Waals surface area contributed by atoms with E-state index in [1.165, 1.54) is 24.9 Å². The van der Waals surface area contributed by atoms with Crippen molar-refractivity contribution in [2.45, 2.75) is 26.2 Å². The van der Waals surface area contributed by atoms with Crippen LogP contribution in [0.3, 0.4) is 0 Å². The number of rotatable bonds is 3. The van der Waals surface area contributed by atoms with Crippen molar-refractivity contribution in [1.82, 2.24) is 10.3 Å². The summed E-state index contributed by atoms with van der Waals surface area (Å²) in [6, 6.07) is 4.21. The second-order valence-corrected chi connectivity index (χ2v) is 4.54. The maximum absolute atomic E-state index is 5.34. The van der Waals surface area contributed by atoms with Crippen LogP contribution in [0.2, 0.25) is 0 Å². The van der Waals surface area contributed by atoms with Crippen LogP contribution in [0.5, 0.6) is 5.88 Å². The van der Waals surface area contributed by atoms with Gasteiger partial charge >= 0.3 is 0 Å². The van der Waals surface area contributed by atoms with Crippen LogP contribution in [0.15, 0.2) is 12.1 Å². The Morgan fingerprint density at radius 1 is 1.50 bits per heavy atom. The fourth-order valence-corrected chi connectivity index (χ4v) is 2.30. The van der Waals surface area contributed by atoms with E-state index in [1.807, 2.05) is 6.92 Å². The quantitative estimate of drug-likeness (QED) is 0.845. The zero-order valence-corrected chi connectivity index (χ0v) is 10.1. The number of nitrogens with zero attached hydrogens (tertiary/aromatic N) is 1. The molecular formula is C13H20N2O. The molecule has 3 heteroatoms. The molecule has 0 aliphatic carbocycles. The highest BCUT2D eigenvalue weighted by Gasteiger charge is 2.16. The number of hydrogen-bond acceptors (Lipinski definition) is 3. The molecule has 1 aromatic rings. The first-order valence-electron chi connectivity index (χ1n) is 6.01. The van der Waals surface area contributed by atoms with E-state index in [-0.39, 0.29) is 0 Å². The van der Waals surface area contributed by atoms with Gasteiger partial charge in [0, 0.05) is 11.3 Å². The van der Waals surface area contributed by atoms with E-state index in [9.17, 15) is 0 Å². The van der Waals surface area contributed by atoms with Gasteiger partial charge in [0.05, 0.1) is 7.11 Å². The summed E-state index contributed by atoms with van der Waals surface area (Å²) in [5.74, 6) is 1.53. The lowest BCUT2D eigenvalue weighted by Crippen LogP contribution is -2.30. The van der Waals surface area contributed by atoms with Crippen molar-refractivity contribution in [3.8, 4) is 5.88 Å². The molecule has 0 radical (unpaired) electrons. The van der Waals surface area contributed by atoms with Gasteiger partial charge in [-0.25, -0.2) is 4.98 Å². The van der Waals surface area contributed by atoms with Gasteiger partial charge in [0.25, 0.3) is 0 Å². The van der Waals surface area contributed by atoms with E-state index in [0.29, 0.717) is 0 Å². The van der Waals surface area contributed by atoms with Crippen LogP contribution in [-0.2, 0) is 6.42 Å². The molecule has 0 spiro atoms. The predicted molar refractivity (Wildman–Crippen MR) is 64.8 cm³/mol. The standard InChI is InChI=1S/C13H20N2O/c1-10-5-6-12(13(15-10)16-2)8-11-4-3-7-14-9-11/h5-6,11,14H,3-4,7-9H2,1-2H3. The summed E-state index contributed by atoms with van der Waals surface area (Å²) in [6.45, 7) is 4.28. The summed E-state index contributed by atoms with van der Waals surface area (Å²) >= 11 is 0. The lowest BCUT2D eigenvalue weighted by molar-refractivity contribution is 0.358. The fourth-order valence-electron chi connectivity index (χ4n) is 2.30. The third kappa shape index (κ3) is 2.73. The van der Waals surface area contributed by atoms with E-state index in [1.54, 1.807) is 7.11 Å². The number of nitrogens with one attached hydrogen (secondary N) is 1. The number of ether oxygens (including phenoxy) is 1. The van der Waals surface area contributed by atoms with E-state index < -0.39 is 0 Å². The second kappa shape index (κ2) is 5.30. The van der Waals surface area contributed by atoms with Crippen molar-refractivity contribution in [2.24, 2.45) is 5.92 Å². The Hall–Kier alpha value is -1.09. The van der Waals surface area contributed by atoms with Crippen LogP contribution in [-0.4, -0.2) is 25.2 Å². The zero-order valence-electron chi connectivity index (χ0n) is 10.1. The van der Waals surface area contributed by atoms with Gasteiger partial charge < -0.3 is 10.1 Å². The molecule has 1 unspecified atom stereocenters. The molecule has 1 aliphatic heterocycles.